The van der Waals surface area contributed by atoms with Crippen molar-refractivity contribution in [2.24, 2.45) is 4.99 Å². The van der Waals surface area contributed by atoms with Crippen LogP contribution in [0.5, 0.6) is 5.75 Å². The first kappa shape index (κ1) is 17.2. The van der Waals surface area contributed by atoms with Gasteiger partial charge in [-0.2, -0.15) is 0 Å². The predicted molar refractivity (Wildman–Crippen MR) is 99.7 cm³/mol. The molecule has 2 aromatic rings. The minimum Gasteiger partial charge on any atom is -0.502 e. The molecule has 0 aromatic heterocycles. The molecule has 0 aliphatic carbocycles. The number of hydrogen-bond donors (Lipinski definition) is 2. The number of carbonyl (C=O) groups is 1. The third kappa shape index (κ3) is 3.89. The normalized spacial score (nSPS) is 17.1. The first-order chi connectivity index (χ1) is 11.9. The third-order valence-electron chi connectivity index (χ3n) is 3.21. The second-order valence-corrected chi connectivity index (χ2v) is 6.88. The van der Waals surface area contributed by atoms with Gasteiger partial charge in [0.1, 0.15) is 0 Å². The van der Waals surface area contributed by atoms with E-state index < -0.39 is 16.4 Å². The topological polar surface area (TPSA) is 105 Å². The molecule has 7 nitrogen and oxygen atoms in total. The molecule has 0 spiro atoms. The summed E-state index contributed by atoms with van der Waals surface area (Å²) in [6.45, 7) is 0. The number of nitro benzene ring substituents is 1. The molecule has 1 amide bonds. The highest BCUT2D eigenvalue weighted by Gasteiger charge is 2.25. The third-order valence-corrected chi connectivity index (χ3v) is 4.57. The molecule has 0 radical (unpaired) electrons. The Morgan fingerprint density at radius 2 is 2.00 bits per heavy atom. The Hall–Kier alpha value is -2.65. The van der Waals surface area contributed by atoms with Gasteiger partial charge in [-0.15, -0.1) is 0 Å². The maximum atomic E-state index is 12.1. The van der Waals surface area contributed by atoms with Crippen molar-refractivity contribution in [1.29, 1.82) is 0 Å². The smallest absolute Gasteiger partial charge is 0.312 e. The molecule has 0 atom stereocenters. The summed E-state index contributed by atoms with van der Waals surface area (Å²) in [5.74, 6) is -0.885. The van der Waals surface area contributed by atoms with E-state index in [-0.39, 0.29) is 16.4 Å². The van der Waals surface area contributed by atoms with Crippen LogP contribution in [0.15, 0.2) is 56.8 Å². The highest BCUT2D eigenvalue weighted by molar-refractivity contribution is 9.10. The minimum atomic E-state index is -0.688. The number of para-hydroxylation sites is 1. The zero-order valence-corrected chi connectivity index (χ0v) is 14.9. The molecule has 126 valence electrons. The second kappa shape index (κ2) is 7.08. The van der Waals surface area contributed by atoms with E-state index in [0.29, 0.717) is 15.3 Å². The highest BCUT2D eigenvalue weighted by atomic mass is 79.9. The standard InChI is InChI=1S/C16H10BrN3O4S/c17-10-6-9(14(21)12(8-10)20(23)24)7-13-15(22)19-16(25-13)18-11-4-2-1-3-5-11/h1-8,21H,(H,18,19,22). The van der Waals surface area contributed by atoms with E-state index in [4.69, 9.17) is 0 Å². The van der Waals surface area contributed by atoms with Gasteiger partial charge in [0.05, 0.1) is 15.5 Å². The quantitative estimate of drug-likeness (QED) is 0.445. The number of nitrogens with zero attached hydrogens (tertiary/aromatic N) is 2. The van der Waals surface area contributed by atoms with Gasteiger partial charge in [-0.1, -0.05) is 34.1 Å². The average molecular weight is 420 g/mol. The largest absolute Gasteiger partial charge is 0.502 e. The summed E-state index contributed by atoms with van der Waals surface area (Å²) in [7, 11) is 0. The average Bonchev–Trinajstić information content (AvgIpc) is 2.90. The van der Waals surface area contributed by atoms with E-state index in [1.54, 1.807) is 12.1 Å². The number of amidine groups is 1. The van der Waals surface area contributed by atoms with Gasteiger partial charge in [0.25, 0.3) is 5.91 Å². The molecule has 9 heteroatoms. The van der Waals surface area contributed by atoms with Crippen molar-refractivity contribution in [3.63, 3.8) is 0 Å². The number of carbonyl (C=O) groups excluding carboxylic acids is 1. The molecule has 3 rings (SSSR count). The Bertz CT molecular complexity index is 928. The van der Waals surface area contributed by atoms with Gasteiger partial charge in [-0.05, 0) is 36.0 Å². The molecular weight excluding hydrogens is 410 g/mol. The summed E-state index contributed by atoms with van der Waals surface area (Å²) in [5.41, 5.74) is 0.412. The van der Waals surface area contributed by atoms with Crippen LogP contribution < -0.4 is 5.32 Å². The van der Waals surface area contributed by atoms with Gasteiger partial charge in [0.2, 0.25) is 5.75 Å². The lowest BCUT2D eigenvalue weighted by Crippen LogP contribution is -2.19. The Morgan fingerprint density at radius 1 is 1.28 bits per heavy atom. The molecule has 1 fully saturated rings. The van der Waals surface area contributed by atoms with Crippen LogP contribution in [0.3, 0.4) is 0 Å². The molecule has 2 N–H and O–H groups in total. The molecule has 0 saturated carbocycles. The molecule has 25 heavy (non-hydrogen) atoms. The van der Waals surface area contributed by atoms with Crippen LogP contribution in [0.2, 0.25) is 0 Å². The molecule has 1 aliphatic heterocycles. The number of aliphatic imine (C=N–C) groups is 1. The maximum Gasteiger partial charge on any atom is 0.312 e. The Morgan fingerprint density at radius 3 is 2.68 bits per heavy atom. The van der Waals surface area contributed by atoms with Gasteiger partial charge in [-0.3, -0.25) is 14.9 Å². The van der Waals surface area contributed by atoms with E-state index in [1.807, 2.05) is 18.2 Å². The summed E-state index contributed by atoms with van der Waals surface area (Å²) < 4.78 is 0.422. The van der Waals surface area contributed by atoms with Crippen LogP contribution in [0.4, 0.5) is 11.4 Å². The number of phenolic OH excluding ortho intramolecular Hbond substituents is 1. The molecule has 2 aromatic carbocycles. The van der Waals surface area contributed by atoms with Crippen LogP contribution in [0, 0.1) is 10.1 Å². The lowest BCUT2D eigenvalue weighted by Gasteiger charge is -2.02. The minimum absolute atomic E-state index is 0.166. The first-order valence-electron chi connectivity index (χ1n) is 6.95. The lowest BCUT2D eigenvalue weighted by atomic mass is 10.1. The zero-order chi connectivity index (χ0) is 18.0. The summed E-state index contributed by atoms with van der Waals surface area (Å²) in [6.07, 6.45) is 1.39. The van der Waals surface area contributed by atoms with Gasteiger partial charge in [0, 0.05) is 16.1 Å². The Kier molecular flexibility index (Phi) is 4.86. The van der Waals surface area contributed by atoms with Crippen LogP contribution in [0.25, 0.3) is 6.08 Å². The number of nitrogens with one attached hydrogen (secondary N) is 1. The van der Waals surface area contributed by atoms with Crippen molar-refractivity contribution in [3.05, 3.63) is 67.5 Å². The summed E-state index contributed by atoms with van der Waals surface area (Å²) in [5, 5.41) is 24.1. The van der Waals surface area contributed by atoms with Crippen molar-refractivity contribution >= 4 is 56.2 Å². The number of amides is 1. The molecule has 0 bridgehead atoms. The van der Waals surface area contributed by atoms with Crippen molar-refractivity contribution < 1.29 is 14.8 Å². The monoisotopic (exact) mass is 419 g/mol. The van der Waals surface area contributed by atoms with Crippen LogP contribution in [-0.2, 0) is 4.79 Å². The lowest BCUT2D eigenvalue weighted by molar-refractivity contribution is -0.385. The fourth-order valence-electron chi connectivity index (χ4n) is 2.10. The van der Waals surface area contributed by atoms with E-state index in [0.717, 1.165) is 11.8 Å². The number of rotatable bonds is 3. The van der Waals surface area contributed by atoms with Crippen molar-refractivity contribution in [3.8, 4) is 5.75 Å². The fraction of sp³-hybridized carbons (Fsp3) is 0. The zero-order valence-electron chi connectivity index (χ0n) is 12.5. The van der Waals surface area contributed by atoms with Crippen molar-refractivity contribution in [2.45, 2.75) is 0 Å². The SMILES string of the molecule is O=C1NC(=Nc2ccccc2)SC1=Cc1cc(Br)cc([N+](=O)[O-])c1O. The fourth-order valence-corrected chi connectivity index (χ4v) is 3.39. The van der Waals surface area contributed by atoms with Crippen LogP contribution in [0.1, 0.15) is 5.56 Å². The second-order valence-electron chi connectivity index (χ2n) is 4.94. The Balaban J connectivity index is 1.94. The van der Waals surface area contributed by atoms with Gasteiger partial charge >= 0.3 is 5.69 Å². The summed E-state index contributed by atoms with van der Waals surface area (Å²) >= 11 is 4.25. The van der Waals surface area contributed by atoms with Gasteiger partial charge in [-0.25, -0.2) is 4.99 Å². The summed E-state index contributed by atoms with van der Waals surface area (Å²) in [4.78, 5) is 27.0. The molecule has 1 saturated heterocycles. The first-order valence-corrected chi connectivity index (χ1v) is 8.56. The number of thioether (sulfide) groups is 1. The van der Waals surface area contributed by atoms with Crippen LogP contribution in [-0.4, -0.2) is 21.1 Å². The highest BCUT2D eigenvalue weighted by Crippen LogP contribution is 2.37. The number of aromatic hydroxyl groups is 1. The molecule has 0 unspecified atom stereocenters. The number of hydrogen-bond acceptors (Lipinski definition) is 6. The Labute approximate surface area is 154 Å². The van der Waals surface area contributed by atoms with Gasteiger partial charge < -0.3 is 10.4 Å². The molecule has 1 aliphatic rings. The van der Waals surface area contributed by atoms with Gasteiger partial charge in [0.15, 0.2) is 5.17 Å². The maximum absolute atomic E-state index is 12.1. The van der Waals surface area contributed by atoms with E-state index >= 15 is 0 Å². The van der Waals surface area contributed by atoms with E-state index in [2.05, 4.69) is 26.2 Å². The number of benzene rings is 2. The molecule has 1 heterocycles. The number of nitro groups is 1. The van der Waals surface area contributed by atoms with E-state index in [1.165, 1.54) is 18.2 Å². The van der Waals surface area contributed by atoms with Crippen molar-refractivity contribution in [1.82, 2.24) is 5.32 Å². The van der Waals surface area contributed by atoms with Crippen molar-refractivity contribution in [2.75, 3.05) is 0 Å². The van der Waals surface area contributed by atoms with E-state index in [9.17, 15) is 20.0 Å². The summed E-state index contributed by atoms with van der Waals surface area (Å²) in [6, 6.07) is 11.8. The van der Waals surface area contributed by atoms with Crippen LogP contribution >= 0.6 is 27.7 Å². The molecular formula is C16H10BrN3O4S. The number of phenols is 1. The number of halogens is 1. The predicted octanol–water partition coefficient (Wildman–Crippen LogP) is 3.95.